The van der Waals surface area contributed by atoms with Crippen LogP contribution in [-0.4, -0.2) is 18.8 Å². The van der Waals surface area contributed by atoms with Gasteiger partial charge in [0.1, 0.15) is 5.82 Å². The quantitative estimate of drug-likeness (QED) is 0.619. The molecule has 1 aromatic carbocycles. The van der Waals surface area contributed by atoms with Crippen LogP contribution in [0, 0.1) is 5.82 Å². The highest BCUT2D eigenvalue weighted by Gasteiger charge is 2.23. The second-order valence-corrected chi connectivity index (χ2v) is 5.33. The first-order valence-corrected chi connectivity index (χ1v) is 6.21. The summed E-state index contributed by atoms with van der Waals surface area (Å²) in [7, 11) is 1.66. The maximum absolute atomic E-state index is 13.3. The first kappa shape index (κ1) is 15.4. The fraction of sp³-hybridized carbons (Fsp3) is 0.538. The van der Waals surface area contributed by atoms with Crippen molar-refractivity contribution in [3.05, 3.63) is 34.6 Å². The molecule has 0 spiro atoms. The van der Waals surface area contributed by atoms with Gasteiger partial charge in [0.05, 0.1) is 10.6 Å². The summed E-state index contributed by atoms with van der Waals surface area (Å²) in [6.45, 7) is 3.95. The molecule has 0 aliphatic carbocycles. The monoisotopic (exact) mass is 274 g/mol. The predicted molar refractivity (Wildman–Crippen MR) is 71.9 cm³/mol. The van der Waals surface area contributed by atoms with E-state index in [0.717, 1.165) is 5.56 Å². The lowest BCUT2D eigenvalue weighted by molar-refractivity contribution is 0.00710. The molecule has 0 amide bonds. The van der Waals surface area contributed by atoms with Gasteiger partial charge in [-0.1, -0.05) is 23.7 Å². The van der Waals surface area contributed by atoms with Gasteiger partial charge < -0.3 is 4.74 Å². The molecular weight excluding hydrogens is 255 g/mol. The van der Waals surface area contributed by atoms with Gasteiger partial charge >= 0.3 is 0 Å². The summed E-state index contributed by atoms with van der Waals surface area (Å²) < 4.78 is 18.7. The second kappa shape index (κ2) is 6.48. The number of nitrogens with one attached hydrogen (secondary N) is 1. The lowest BCUT2D eigenvalue weighted by atomic mass is 9.94. The summed E-state index contributed by atoms with van der Waals surface area (Å²) in [5.41, 5.74) is 3.17. The van der Waals surface area contributed by atoms with Crippen LogP contribution in [0.3, 0.4) is 0 Å². The molecule has 5 heteroatoms. The maximum atomic E-state index is 13.3. The lowest BCUT2D eigenvalue weighted by Crippen LogP contribution is -2.42. The van der Waals surface area contributed by atoms with Gasteiger partial charge in [-0.25, -0.2) is 4.39 Å². The summed E-state index contributed by atoms with van der Waals surface area (Å²) >= 11 is 5.92. The predicted octanol–water partition coefficient (Wildman–Crippen LogP) is 2.67. The molecule has 102 valence electrons. The van der Waals surface area contributed by atoms with E-state index in [2.05, 4.69) is 5.43 Å². The summed E-state index contributed by atoms with van der Waals surface area (Å²) in [6, 6.07) is 4.76. The zero-order valence-electron chi connectivity index (χ0n) is 11.0. The zero-order chi connectivity index (χ0) is 13.8. The van der Waals surface area contributed by atoms with Gasteiger partial charge in [-0.05, 0) is 38.3 Å². The molecule has 0 aliphatic rings. The second-order valence-electron chi connectivity index (χ2n) is 4.95. The van der Waals surface area contributed by atoms with Crippen LogP contribution in [0.4, 0.5) is 4.39 Å². The minimum Gasteiger partial charge on any atom is -0.379 e. The van der Waals surface area contributed by atoms with Crippen molar-refractivity contribution in [3.63, 3.8) is 0 Å². The van der Waals surface area contributed by atoms with Crippen LogP contribution >= 0.6 is 11.6 Å². The lowest BCUT2D eigenvalue weighted by Gasteiger charge is -2.28. The molecule has 0 saturated heterocycles. The zero-order valence-corrected chi connectivity index (χ0v) is 11.7. The molecule has 0 bridgehead atoms. The highest BCUT2D eigenvalue weighted by Crippen LogP contribution is 2.23. The average molecular weight is 275 g/mol. The molecule has 3 nitrogen and oxygen atoms in total. The minimum absolute atomic E-state index is 0.0285. The van der Waals surface area contributed by atoms with Crippen LogP contribution in [0.1, 0.15) is 25.8 Å². The number of hydrazine groups is 1. The van der Waals surface area contributed by atoms with E-state index in [-0.39, 0.29) is 16.7 Å². The van der Waals surface area contributed by atoms with E-state index < -0.39 is 5.82 Å². The number of ether oxygens (including phenoxy) is 1. The summed E-state index contributed by atoms with van der Waals surface area (Å²) in [4.78, 5) is 0. The van der Waals surface area contributed by atoms with Gasteiger partial charge in [0.25, 0.3) is 0 Å². The van der Waals surface area contributed by atoms with E-state index in [4.69, 9.17) is 22.2 Å². The summed E-state index contributed by atoms with van der Waals surface area (Å²) in [5.74, 6) is 5.12. The van der Waals surface area contributed by atoms with Crippen molar-refractivity contribution in [2.45, 2.75) is 38.3 Å². The highest BCUT2D eigenvalue weighted by molar-refractivity contribution is 6.31. The summed E-state index contributed by atoms with van der Waals surface area (Å²) in [6.07, 6.45) is 1.26. The third kappa shape index (κ3) is 4.21. The van der Waals surface area contributed by atoms with Crippen molar-refractivity contribution in [1.29, 1.82) is 0 Å². The van der Waals surface area contributed by atoms with E-state index in [1.54, 1.807) is 19.2 Å². The molecule has 1 rings (SSSR count). The Bertz CT molecular complexity index is 399. The number of methoxy groups -OCH3 is 1. The van der Waals surface area contributed by atoms with Gasteiger partial charge in [-0.2, -0.15) is 0 Å². The van der Waals surface area contributed by atoms with Crippen molar-refractivity contribution < 1.29 is 9.13 Å². The number of benzene rings is 1. The molecule has 1 unspecified atom stereocenters. The van der Waals surface area contributed by atoms with E-state index in [1.165, 1.54) is 6.07 Å². The van der Waals surface area contributed by atoms with Crippen LogP contribution < -0.4 is 11.3 Å². The van der Waals surface area contributed by atoms with Crippen molar-refractivity contribution in [2.75, 3.05) is 7.11 Å². The minimum atomic E-state index is -0.407. The Morgan fingerprint density at radius 1 is 1.50 bits per heavy atom. The first-order valence-electron chi connectivity index (χ1n) is 5.84. The fourth-order valence-corrected chi connectivity index (χ4v) is 2.04. The Morgan fingerprint density at radius 3 is 2.72 bits per heavy atom. The molecule has 0 aromatic heterocycles. The van der Waals surface area contributed by atoms with Crippen molar-refractivity contribution in [1.82, 2.24) is 5.43 Å². The van der Waals surface area contributed by atoms with Crippen LogP contribution in [0.25, 0.3) is 0 Å². The van der Waals surface area contributed by atoms with Gasteiger partial charge in [0.2, 0.25) is 0 Å². The molecule has 0 fully saturated rings. The van der Waals surface area contributed by atoms with Crippen molar-refractivity contribution in [3.8, 4) is 0 Å². The van der Waals surface area contributed by atoms with Crippen molar-refractivity contribution >= 4 is 11.6 Å². The van der Waals surface area contributed by atoms with Crippen LogP contribution in [0.5, 0.6) is 0 Å². The van der Waals surface area contributed by atoms with Gasteiger partial charge in [0, 0.05) is 13.2 Å². The third-order valence-corrected chi connectivity index (χ3v) is 3.45. The first-order chi connectivity index (χ1) is 8.39. The average Bonchev–Trinajstić information content (AvgIpc) is 2.33. The van der Waals surface area contributed by atoms with Crippen LogP contribution in [-0.2, 0) is 11.2 Å². The third-order valence-electron chi connectivity index (χ3n) is 3.02. The molecule has 3 N–H and O–H groups in total. The van der Waals surface area contributed by atoms with Gasteiger partial charge in [-0.3, -0.25) is 11.3 Å². The van der Waals surface area contributed by atoms with Gasteiger partial charge in [0.15, 0.2) is 0 Å². The summed E-state index contributed by atoms with van der Waals surface area (Å²) in [5, 5.41) is 0.160. The molecular formula is C13H20ClFN2O. The number of hydrogen-bond acceptors (Lipinski definition) is 3. The standard InChI is InChI=1S/C13H20ClFN2O/c1-13(2,18-3)8-10(17-16)7-9-5-4-6-11(15)12(9)14/h4-6,10,17H,7-8,16H2,1-3H3. The Morgan fingerprint density at radius 2 is 2.17 bits per heavy atom. The largest absolute Gasteiger partial charge is 0.379 e. The molecule has 18 heavy (non-hydrogen) atoms. The van der Waals surface area contributed by atoms with Crippen molar-refractivity contribution in [2.24, 2.45) is 5.84 Å². The molecule has 1 aromatic rings. The smallest absolute Gasteiger partial charge is 0.142 e. The van der Waals surface area contributed by atoms with Gasteiger partial charge in [-0.15, -0.1) is 0 Å². The fourth-order valence-electron chi connectivity index (χ4n) is 1.84. The Balaban J connectivity index is 2.77. The Labute approximate surface area is 112 Å². The normalized spacial score (nSPS) is 13.7. The molecule has 0 radical (unpaired) electrons. The molecule has 0 saturated carbocycles. The molecule has 0 heterocycles. The maximum Gasteiger partial charge on any atom is 0.142 e. The number of nitrogens with two attached hydrogens (primary N) is 1. The molecule has 0 aliphatic heterocycles. The topological polar surface area (TPSA) is 47.3 Å². The number of rotatable bonds is 6. The van der Waals surface area contributed by atoms with E-state index in [9.17, 15) is 4.39 Å². The SMILES string of the molecule is COC(C)(C)CC(Cc1cccc(F)c1Cl)NN. The van der Waals surface area contributed by atoms with E-state index in [1.807, 2.05) is 13.8 Å². The number of hydrogen-bond donors (Lipinski definition) is 2. The van der Waals surface area contributed by atoms with Crippen LogP contribution in [0.15, 0.2) is 18.2 Å². The Kier molecular flexibility index (Phi) is 5.53. The number of halogens is 2. The Hall–Kier alpha value is -0.680. The molecule has 1 atom stereocenters. The highest BCUT2D eigenvalue weighted by atomic mass is 35.5. The van der Waals surface area contributed by atoms with E-state index in [0.29, 0.717) is 12.8 Å². The van der Waals surface area contributed by atoms with Crippen LogP contribution in [0.2, 0.25) is 5.02 Å². The van der Waals surface area contributed by atoms with E-state index >= 15 is 0 Å².